The van der Waals surface area contributed by atoms with Crippen LogP contribution in [0.25, 0.3) is 0 Å². The Morgan fingerprint density at radius 1 is 1.40 bits per heavy atom. The number of benzene rings is 1. The molecule has 3 N–H and O–H groups in total. The van der Waals surface area contributed by atoms with Crippen LogP contribution in [0.3, 0.4) is 0 Å². The van der Waals surface area contributed by atoms with Crippen molar-refractivity contribution in [1.82, 2.24) is 4.98 Å². The normalized spacial score (nSPS) is 11.4. The van der Waals surface area contributed by atoms with Gasteiger partial charge in [0, 0.05) is 5.69 Å². The number of nitrogens with one attached hydrogen (secondary N) is 1. The number of thiazole rings is 1. The van der Waals surface area contributed by atoms with Crippen LogP contribution < -0.4 is 11.1 Å². The molecule has 0 aliphatic carbocycles. The second-order valence-electron chi connectivity index (χ2n) is 4.00. The van der Waals surface area contributed by atoms with Gasteiger partial charge in [-0.05, 0) is 25.1 Å². The molecule has 1 aromatic carbocycles. The zero-order chi connectivity index (χ0) is 14.9. The second kappa shape index (κ2) is 5.12. The van der Waals surface area contributed by atoms with E-state index in [0.29, 0.717) is 5.01 Å². The minimum absolute atomic E-state index is 0.0241. The first-order valence-electron chi connectivity index (χ1n) is 5.48. The first-order valence-corrected chi connectivity index (χ1v) is 6.29. The van der Waals surface area contributed by atoms with Gasteiger partial charge in [0.1, 0.15) is 4.88 Å². The number of hydrogen-bond acceptors (Lipinski definition) is 4. The Morgan fingerprint density at radius 2 is 2.10 bits per heavy atom. The molecule has 1 heterocycles. The fourth-order valence-electron chi connectivity index (χ4n) is 1.56. The predicted molar refractivity (Wildman–Crippen MR) is 70.7 cm³/mol. The van der Waals surface area contributed by atoms with Crippen LogP contribution in [0.15, 0.2) is 24.4 Å². The van der Waals surface area contributed by atoms with E-state index in [2.05, 4.69) is 10.3 Å². The van der Waals surface area contributed by atoms with Crippen LogP contribution in [0.1, 0.15) is 20.2 Å². The Kier molecular flexibility index (Phi) is 3.67. The largest absolute Gasteiger partial charge is 0.418 e. The number of aromatic nitrogens is 1. The molecule has 0 aliphatic rings. The summed E-state index contributed by atoms with van der Waals surface area (Å²) >= 11 is 1.10. The summed E-state index contributed by atoms with van der Waals surface area (Å²) in [6.45, 7) is 1.70. The smallest absolute Gasteiger partial charge is 0.399 e. The lowest BCUT2D eigenvalue weighted by atomic mass is 10.1. The molecule has 0 saturated heterocycles. The van der Waals surface area contributed by atoms with Gasteiger partial charge in [-0.15, -0.1) is 11.3 Å². The van der Waals surface area contributed by atoms with E-state index in [1.54, 1.807) is 6.92 Å². The van der Waals surface area contributed by atoms with Crippen molar-refractivity contribution in [2.75, 3.05) is 11.1 Å². The van der Waals surface area contributed by atoms with Gasteiger partial charge in [0.2, 0.25) is 0 Å². The summed E-state index contributed by atoms with van der Waals surface area (Å²) in [6, 6.07) is 3.21. The Morgan fingerprint density at radius 3 is 2.65 bits per heavy atom. The number of alkyl halides is 3. The minimum Gasteiger partial charge on any atom is -0.399 e. The number of anilines is 2. The number of carbonyl (C=O) groups is 1. The number of amides is 1. The molecule has 0 atom stereocenters. The lowest BCUT2D eigenvalue weighted by Crippen LogP contribution is -2.16. The molecule has 0 fully saturated rings. The molecule has 0 saturated carbocycles. The van der Waals surface area contributed by atoms with Gasteiger partial charge in [0.25, 0.3) is 5.91 Å². The summed E-state index contributed by atoms with van der Waals surface area (Å²) in [5.74, 6) is -0.633. The number of nitrogens with zero attached hydrogens (tertiary/aromatic N) is 1. The SMILES string of the molecule is Cc1ncc(C(=O)Nc2ccc(N)cc2C(F)(F)F)s1. The van der Waals surface area contributed by atoms with Crippen LogP contribution in [0, 0.1) is 6.92 Å². The van der Waals surface area contributed by atoms with E-state index in [-0.39, 0.29) is 16.3 Å². The number of aryl methyl sites for hydroxylation is 1. The molecule has 106 valence electrons. The van der Waals surface area contributed by atoms with Gasteiger partial charge in [0.15, 0.2) is 0 Å². The highest BCUT2D eigenvalue weighted by molar-refractivity contribution is 7.13. The molecule has 0 unspecified atom stereocenters. The Balaban J connectivity index is 2.32. The van der Waals surface area contributed by atoms with Crippen molar-refractivity contribution in [3.05, 3.63) is 39.8 Å². The minimum atomic E-state index is -4.60. The number of nitrogens with two attached hydrogens (primary N) is 1. The fourth-order valence-corrected chi connectivity index (χ4v) is 2.23. The van der Waals surface area contributed by atoms with E-state index in [0.717, 1.165) is 23.5 Å². The molecule has 0 bridgehead atoms. The highest BCUT2D eigenvalue weighted by atomic mass is 32.1. The van der Waals surface area contributed by atoms with Crippen molar-refractivity contribution >= 4 is 28.6 Å². The summed E-state index contributed by atoms with van der Waals surface area (Å²) < 4.78 is 38.6. The van der Waals surface area contributed by atoms with Gasteiger partial charge in [-0.25, -0.2) is 4.98 Å². The molecule has 0 radical (unpaired) electrons. The average molecular weight is 301 g/mol. The third-order valence-electron chi connectivity index (χ3n) is 2.44. The van der Waals surface area contributed by atoms with E-state index < -0.39 is 17.6 Å². The molecular weight excluding hydrogens is 291 g/mol. The summed E-state index contributed by atoms with van der Waals surface area (Å²) in [4.78, 5) is 16.0. The first-order chi connectivity index (χ1) is 9.27. The predicted octanol–water partition coefficient (Wildman–Crippen LogP) is 3.30. The standard InChI is InChI=1S/C12H10F3N3OS/c1-6-17-5-10(20-6)11(19)18-9-3-2-7(16)4-8(9)12(13,14)15/h2-5H,16H2,1H3,(H,18,19). The molecule has 0 aliphatic heterocycles. The quantitative estimate of drug-likeness (QED) is 0.836. The van der Waals surface area contributed by atoms with Crippen molar-refractivity contribution in [1.29, 1.82) is 0 Å². The van der Waals surface area contributed by atoms with Crippen LogP contribution in [0.2, 0.25) is 0 Å². The topological polar surface area (TPSA) is 68.0 Å². The van der Waals surface area contributed by atoms with E-state index in [1.807, 2.05) is 0 Å². The Bertz CT molecular complexity index is 652. The molecule has 1 amide bonds. The van der Waals surface area contributed by atoms with Crippen molar-refractivity contribution < 1.29 is 18.0 Å². The monoisotopic (exact) mass is 301 g/mol. The molecule has 8 heteroatoms. The Hall–Kier alpha value is -2.09. The number of carbonyl (C=O) groups excluding carboxylic acids is 1. The van der Waals surface area contributed by atoms with Crippen LogP contribution >= 0.6 is 11.3 Å². The Labute approximate surface area is 116 Å². The third kappa shape index (κ3) is 3.08. The average Bonchev–Trinajstić information content (AvgIpc) is 2.77. The van der Waals surface area contributed by atoms with Crippen molar-refractivity contribution in [2.24, 2.45) is 0 Å². The highest BCUT2D eigenvalue weighted by Crippen LogP contribution is 2.36. The number of halogens is 3. The summed E-state index contributed by atoms with van der Waals surface area (Å²) in [5, 5.41) is 2.89. The summed E-state index contributed by atoms with van der Waals surface area (Å²) in [5.41, 5.74) is 4.01. The van der Waals surface area contributed by atoms with Crippen LogP contribution in [-0.2, 0) is 6.18 Å². The lowest BCUT2D eigenvalue weighted by Gasteiger charge is -2.13. The molecule has 0 spiro atoms. The highest BCUT2D eigenvalue weighted by Gasteiger charge is 2.34. The van der Waals surface area contributed by atoms with E-state index in [4.69, 9.17) is 5.73 Å². The van der Waals surface area contributed by atoms with Gasteiger partial charge in [-0.2, -0.15) is 13.2 Å². The number of nitrogen functional groups attached to an aromatic ring is 1. The molecular formula is C12H10F3N3OS. The van der Waals surface area contributed by atoms with E-state index >= 15 is 0 Å². The maximum absolute atomic E-state index is 12.9. The van der Waals surface area contributed by atoms with E-state index in [1.165, 1.54) is 12.3 Å². The first kappa shape index (κ1) is 14.3. The maximum Gasteiger partial charge on any atom is 0.418 e. The maximum atomic E-state index is 12.9. The third-order valence-corrected chi connectivity index (χ3v) is 3.35. The molecule has 20 heavy (non-hydrogen) atoms. The van der Waals surface area contributed by atoms with Crippen LogP contribution in [0.4, 0.5) is 24.5 Å². The van der Waals surface area contributed by atoms with Crippen molar-refractivity contribution in [2.45, 2.75) is 13.1 Å². The van der Waals surface area contributed by atoms with E-state index in [9.17, 15) is 18.0 Å². The number of rotatable bonds is 2. The molecule has 2 rings (SSSR count). The van der Waals surface area contributed by atoms with Crippen molar-refractivity contribution in [3.8, 4) is 0 Å². The van der Waals surface area contributed by atoms with Gasteiger partial charge in [0.05, 0.1) is 22.5 Å². The van der Waals surface area contributed by atoms with Crippen LogP contribution in [-0.4, -0.2) is 10.9 Å². The van der Waals surface area contributed by atoms with Gasteiger partial charge >= 0.3 is 6.18 Å². The summed E-state index contributed by atoms with van der Waals surface area (Å²) in [7, 11) is 0. The van der Waals surface area contributed by atoms with Gasteiger partial charge in [-0.1, -0.05) is 0 Å². The zero-order valence-corrected chi connectivity index (χ0v) is 11.1. The van der Waals surface area contributed by atoms with Gasteiger partial charge < -0.3 is 11.1 Å². The van der Waals surface area contributed by atoms with Gasteiger partial charge in [-0.3, -0.25) is 4.79 Å². The van der Waals surface area contributed by atoms with Crippen molar-refractivity contribution in [3.63, 3.8) is 0 Å². The summed E-state index contributed by atoms with van der Waals surface area (Å²) in [6.07, 6.45) is -3.28. The fraction of sp³-hybridized carbons (Fsp3) is 0.167. The zero-order valence-electron chi connectivity index (χ0n) is 10.3. The molecule has 2 aromatic rings. The second-order valence-corrected chi connectivity index (χ2v) is 5.24. The number of hydrogen-bond donors (Lipinski definition) is 2. The molecule has 4 nitrogen and oxygen atoms in total. The van der Waals surface area contributed by atoms with Crippen LogP contribution in [0.5, 0.6) is 0 Å². The molecule has 1 aromatic heterocycles. The lowest BCUT2D eigenvalue weighted by molar-refractivity contribution is -0.136.